The normalized spacial score (nSPS) is 10.3. The number of nitrogen functional groups attached to an aromatic ring is 1. The summed E-state index contributed by atoms with van der Waals surface area (Å²) in [5.74, 6) is -0.363. The van der Waals surface area contributed by atoms with E-state index in [1.54, 1.807) is 36.0 Å². The van der Waals surface area contributed by atoms with Crippen molar-refractivity contribution >= 4 is 17.3 Å². The molecule has 20 heavy (non-hydrogen) atoms. The number of carbonyl (C=O) groups is 1. The lowest BCUT2D eigenvalue weighted by Gasteiger charge is -2.10. The fraction of sp³-hybridized carbons (Fsp3) is 0.286. The van der Waals surface area contributed by atoms with Crippen molar-refractivity contribution in [2.75, 3.05) is 17.7 Å². The second-order valence-electron chi connectivity index (χ2n) is 4.40. The number of esters is 1. The van der Waals surface area contributed by atoms with E-state index in [4.69, 9.17) is 10.5 Å². The van der Waals surface area contributed by atoms with Gasteiger partial charge < -0.3 is 15.8 Å². The summed E-state index contributed by atoms with van der Waals surface area (Å²) in [6.07, 6.45) is 3.71. The molecule has 0 radical (unpaired) electrons. The monoisotopic (exact) mass is 274 g/mol. The lowest BCUT2D eigenvalue weighted by Crippen LogP contribution is -2.07. The van der Waals surface area contributed by atoms with E-state index in [9.17, 15) is 4.79 Å². The molecule has 2 rings (SSSR count). The molecule has 0 aliphatic rings. The van der Waals surface area contributed by atoms with Crippen molar-refractivity contribution in [3.8, 4) is 0 Å². The number of nitrogens with one attached hydrogen (secondary N) is 1. The van der Waals surface area contributed by atoms with Crippen molar-refractivity contribution in [1.82, 2.24) is 9.78 Å². The quantitative estimate of drug-likeness (QED) is 0.641. The highest BCUT2D eigenvalue weighted by molar-refractivity contribution is 5.91. The summed E-state index contributed by atoms with van der Waals surface area (Å²) in [5.41, 5.74) is 8.74. The molecule has 6 heteroatoms. The molecule has 2 aromatic rings. The Kier molecular flexibility index (Phi) is 4.24. The van der Waals surface area contributed by atoms with E-state index in [2.05, 4.69) is 10.4 Å². The van der Waals surface area contributed by atoms with Gasteiger partial charge in [0.25, 0.3) is 0 Å². The minimum Gasteiger partial charge on any atom is -0.462 e. The fourth-order valence-electron chi connectivity index (χ4n) is 1.83. The van der Waals surface area contributed by atoms with Crippen molar-refractivity contribution in [3.63, 3.8) is 0 Å². The second kappa shape index (κ2) is 6.10. The van der Waals surface area contributed by atoms with E-state index in [0.29, 0.717) is 24.4 Å². The van der Waals surface area contributed by atoms with Crippen LogP contribution in [0.4, 0.5) is 11.4 Å². The molecule has 0 saturated carbocycles. The summed E-state index contributed by atoms with van der Waals surface area (Å²) in [7, 11) is 1.87. The van der Waals surface area contributed by atoms with E-state index in [0.717, 1.165) is 11.3 Å². The van der Waals surface area contributed by atoms with Gasteiger partial charge in [-0.1, -0.05) is 0 Å². The fourth-order valence-corrected chi connectivity index (χ4v) is 1.83. The Morgan fingerprint density at radius 3 is 2.90 bits per heavy atom. The molecule has 0 saturated heterocycles. The Labute approximate surface area is 117 Å². The summed E-state index contributed by atoms with van der Waals surface area (Å²) >= 11 is 0. The van der Waals surface area contributed by atoms with E-state index < -0.39 is 0 Å². The maximum Gasteiger partial charge on any atom is 0.338 e. The maximum absolute atomic E-state index is 11.6. The number of rotatable bonds is 5. The van der Waals surface area contributed by atoms with Crippen LogP contribution >= 0.6 is 0 Å². The Bertz CT molecular complexity index is 607. The van der Waals surface area contributed by atoms with Gasteiger partial charge in [-0.05, 0) is 25.1 Å². The van der Waals surface area contributed by atoms with Crippen molar-refractivity contribution in [2.24, 2.45) is 7.05 Å². The number of ether oxygens (including phenoxy) is 1. The van der Waals surface area contributed by atoms with Gasteiger partial charge in [-0.15, -0.1) is 0 Å². The van der Waals surface area contributed by atoms with Gasteiger partial charge in [0.2, 0.25) is 0 Å². The molecule has 0 amide bonds. The number of carbonyl (C=O) groups excluding carboxylic acids is 1. The van der Waals surface area contributed by atoms with Crippen LogP contribution in [0.2, 0.25) is 0 Å². The minimum atomic E-state index is -0.363. The third-order valence-electron chi connectivity index (χ3n) is 2.80. The lowest BCUT2D eigenvalue weighted by atomic mass is 10.1. The van der Waals surface area contributed by atoms with Crippen molar-refractivity contribution in [2.45, 2.75) is 13.5 Å². The molecule has 1 aromatic carbocycles. The lowest BCUT2D eigenvalue weighted by molar-refractivity contribution is 0.0526. The van der Waals surface area contributed by atoms with E-state index in [1.165, 1.54) is 0 Å². The van der Waals surface area contributed by atoms with Gasteiger partial charge in [-0.25, -0.2) is 4.79 Å². The van der Waals surface area contributed by atoms with Gasteiger partial charge in [0, 0.05) is 25.4 Å². The number of benzene rings is 1. The number of nitrogens with two attached hydrogens (primary N) is 1. The van der Waals surface area contributed by atoms with Gasteiger partial charge >= 0.3 is 5.97 Å². The van der Waals surface area contributed by atoms with Gasteiger partial charge in [0.15, 0.2) is 0 Å². The van der Waals surface area contributed by atoms with Gasteiger partial charge in [-0.3, -0.25) is 4.68 Å². The summed E-state index contributed by atoms with van der Waals surface area (Å²) in [6, 6.07) is 5.08. The molecule has 6 nitrogen and oxygen atoms in total. The molecule has 0 aliphatic heterocycles. The van der Waals surface area contributed by atoms with Crippen molar-refractivity contribution in [1.29, 1.82) is 0 Å². The zero-order chi connectivity index (χ0) is 14.5. The van der Waals surface area contributed by atoms with Gasteiger partial charge in [0.05, 0.1) is 29.7 Å². The van der Waals surface area contributed by atoms with Crippen LogP contribution in [0.15, 0.2) is 30.6 Å². The highest BCUT2D eigenvalue weighted by Crippen LogP contribution is 2.21. The number of aryl methyl sites for hydroxylation is 1. The van der Waals surface area contributed by atoms with Crippen LogP contribution in [0.25, 0.3) is 0 Å². The molecule has 0 atom stereocenters. The Balaban J connectivity index is 2.04. The molecule has 1 aromatic heterocycles. The first-order valence-corrected chi connectivity index (χ1v) is 6.38. The number of aromatic nitrogens is 2. The van der Waals surface area contributed by atoms with Crippen LogP contribution in [0, 0.1) is 0 Å². The predicted molar refractivity (Wildman–Crippen MR) is 77.3 cm³/mol. The Morgan fingerprint density at radius 1 is 1.50 bits per heavy atom. The molecule has 0 unspecified atom stereocenters. The first kappa shape index (κ1) is 13.9. The molecular weight excluding hydrogens is 256 g/mol. The minimum absolute atomic E-state index is 0.347. The predicted octanol–water partition coefficient (Wildman–Crippen LogP) is 1.79. The maximum atomic E-state index is 11.6. The van der Waals surface area contributed by atoms with Crippen LogP contribution in [-0.4, -0.2) is 22.4 Å². The molecule has 0 bridgehead atoms. The smallest absolute Gasteiger partial charge is 0.338 e. The zero-order valence-electron chi connectivity index (χ0n) is 11.6. The van der Waals surface area contributed by atoms with Crippen LogP contribution in [-0.2, 0) is 18.3 Å². The molecule has 0 fully saturated rings. The Morgan fingerprint density at radius 2 is 2.30 bits per heavy atom. The largest absolute Gasteiger partial charge is 0.462 e. The molecule has 0 spiro atoms. The highest BCUT2D eigenvalue weighted by Gasteiger charge is 2.08. The molecule has 0 aliphatic carbocycles. The third kappa shape index (κ3) is 3.28. The van der Waals surface area contributed by atoms with E-state index in [1.807, 2.05) is 13.2 Å². The van der Waals surface area contributed by atoms with Crippen LogP contribution < -0.4 is 11.1 Å². The topological polar surface area (TPSA) is 82.2 Å². The third-order valence-corrected chi connectivity index (χ3v) is 2.80. The van der Waals surface area contributed by atoms with Gasteiger partial charge in [-0.2, -0.15) is 5.10 Å². The number of nitrogens with zero attached hydrogens (tertiary/aromatic N) is 2. The molecule has 106 valence electrons. The average molecular weight is 274 g/mol. The number of hydrogen-bond acceptors (Lipinski definition) is 5. The average Bonchev–Trinajstić information content (AvgIpc) is 2.83. The summed E-state index contributed by atoms with van der Waals surface area (Å²) < 4.78 is 6.67. The summed E-state index contributed by atoms with van der Waals surface area (Å²) in [6.45, 7) is 2.74. The van der Waals surface area contributed by atoms with Crippen LogP contribution in [0.3, 0.4) is 0 Å². The van der Waals surface area contributed by atoms with E-state index >= 15 is 0 Å². The Hall–Kier alpha value is -2.50. The SMILES string of the molecule is CCOC(=O)c1ccc(NCc2cnn(C)c2)c(N)c1. The first-order valence-electron chi connectivity index (χ1n) is 6.38. The van der Waals surface area contributed by atoms with Crippen LogP contribution in [0.1, 0.15) is 22.8 Å². The van der Waals surface area contributed by atoms with Gasteiger partial charge in [0.1, 0.15) is 0 Å². The number of hydrogen-bond donors (Lipinski definition) is 2. The highest BCUT2D eigenvalue weighted by atomic mass is 16.5. The first-order chi connectivity index (χ1) is 9.60. The van der Waals surface area contributed by atoms with Crippen molar-refractivity contribution in [3.05, 3.63) is 41.7 Å². The molecule has 1 heterocycles. The standard InChI is InChI=1S/C14H18N4O2/c1-3-20-14(19)11-4-5-13(12(15)6-11)16-7-10-8-17-18(2)9-10/h4-6,8-9,16H,3,7,15H2,1-2H3. The number of anilines is 2. The van der Waals surface area contributed by atoms with Crippen LogP contribution in [0.5, 0.6) is 0 Å². The van der Waals surface area contributed by atoms with Crippen molar-refractivity contribution < 1.29 is 9.53 Å². The van der Waals surface area contributed by atoms with E-state index in [-0.39, 0.29) is 5.97 Å². The zero-order valence-corrected chi connectivity index (χ0v) is 11.6. The summed E-state index contributed by atoms with van der Waals surface area (Å²) in [5, 5.41) is 7.30. The summed E-state index contributed by atoms with van der Waals surface area (Å²) in [4.78, 5) is 11.6. The molecule has 3 N–H and O–H groups in total. The second-order valence-corrected chi connectivity index (χ2v) is 4.40. The molecular formula is C14H18N4O2.